The Morgan fingerprint density at radius 3 is 2.70 bits per heavy atom. The van der Waals surface area contributed by atoms with Gasteiger partial charge in [0.15, 0.2) is 0 Å². The van der Waals surface area contributed by atoms with Crippen LogP contribution in [0.3, 0.4) is 0 Å². The first-order valence-electron chi connectivity index (χ1n) is 2.42. The third kappa shape index (κ3) is 1.63. The maximum Gasteiger partial charge on any atom is 1.00 e. The van der Waals surface area contributed by atoms with Crippen LogP contribution in [0.1, 0.15) is 12.0 Å². The van der Waals surface area contributed by atoms with Crippen molar-refractivity contribution in [3.05, 3.63) is 18.2 Å². The van der Waals surface area contributed by atoms with Crippen LogP contribution in [0.25, 0.3) is 0 Å². The number of aromatic carboxylic acids is 1. The SMILES string of the molecule is Cn1ccnc1C(=O)O.[H-].[Li+]. The number of rotatable bonds is 1. The van der Waals surface area contributed by atoms with Gasteiger partial charge in [0, 0.05) is 19.4 Å². The van der Waals surface area contributed by atoms with Crippen LogP contribution in [-0.4, -0.2) is 20.6 Å². The van der Waals surface area contributed by atoms with Crippen LogP contribution in [-0.2, 0) is 7.05 Å². The summed E-state index contributed by atoms with van der Waals surface area (Å²) in [5.74, 6) is -0.933. The second-order valence-corrected chi connectivity index (χ2v) is 1.67. The number of carboxylic acids is 1. The number of aromatic nitrogens is 2. The van der Waals surface area contributed by atoms with Gasteiger partial charge in [-0.1, -0.05) is 0 Å². The van der Waals surface area contributed by atoms with E-state index in [0.717, 1.165) is 0 Å². The molecule has 0 aliphatic rings. The van der Waals surface area contributed by atoms with E-state index in [9.17, 15) is 4.79 Å². The van der Waals surface area contributed by atoms with Crippen molar-refractivity contribution in [1.82, 2.24) is 9.55 Å². The minimum Gasteiger partial charge on any atom is -1.00 e. The van der Waals surface area contributed by atoms with Crippen LogP contribution >= 0.6 is 0 Å². The zero-order chi connectivity index (χ0) is 6.85. The van der Waals surface area contributed by atoms with Crippen molar-refractivity contribution in [2.45, 2.75) is 0 Å². The quantitative estimate of drug-likeness (QED) is 0.423. The molecule has 0 aliphatic carbocycles. The fourth-order valence-electron chi connectivity index (χ4n) is 0.572. The Bertz CT molecular complexity index is 238. The van der Waals surface area contributed by atoms with Crippen LogP contribution in [0.5, 0.6) is 0 Å². The molecule has 5 heteroatoms. The first kappa shape index (κ1) is 9.28. The zero-order valence-corrected chi connectivity index (χ0v) is 5.90. The Balaban J connectivity index is 0. The Morgan fingerprint density at radius 2 is 2.50 bits per heavy atom. The van der Waals surface area contributed by atoms with Gasteiger partial charge in [0.1, 0.15) is 0 Å². The average Bonchev–Trinajstić information content (AvgIpc) is 2.13. The second-order valence-electron chi connectivity index (χ2n) is 1.67. The molecule has 0 saturated carbocycles. The molecule has 1 rings (SSSR count). The molecule has 0 atom stereocenters. The molecule has 0 spiro atoms. The number of aryl methyl sites for hydroxylation is 1. The van der Waals surface area contributed by atoms with E-state index in [4.69, 9.17) is 5.11 Å². The molecule has 0 amide bonds. The van der Waals surface area contributed by atoms with Gasteiger partial charge in [-0.05, 0) is 0 Å². The molecule has 1 heterocycles. The van der Waals surface area contributed by atoms with E-state index in [1.807, 2.05) is 0 Å². The number of carbonyl (C=O) groups is 1. The standard InChI is InChI=1S/C5H6N2O2.Li.H/c1-7-3-2-6-4(7)5(8)9;;/h2-3H,1H3,(H,8,9);;/q;+1;-1. The average molecular weight is 134 g/mol. The molecule has 1 aromatic heterocycles. The van der Waals surface area contributed by atoms with Gasteiger partial charge in [-0.25, -0.2) is 9.78 Å². The molecule has 0 saturated heterocycles. The van der Waals surface area contributed by atoms with Gasteiger partial charge in [-0.2, -0.15) is 0 Å². The Kier molecular flexibility index (Phi) is 3.20. The van der Waals surface area contributed by atoms with Gasteiger partial charge < -0.3 is 11.1 Å². The van der Waals surface area contributed by atoms with Crippen molar-refractivity contribution < 1.29 is 30.2 Å². The summed E-state index contributed by atoms with van der Waals surface area (Å²) in [5, 5.41) is 8.37. The van der Waals surface area contributed by atoms with Crippen molar-refractivity contribution in [3.8, 4) is 0 Å². The van der Waals surface area contributed by atoms with Gasteiger partial charge in [0.25, 0.3) is 0 Å². The van der Waals surface area contributed by atoms with Gasteiger partial charge in [0.2, 0.25) is 5.82 Å². The Labute approximate surface area is 71.5 Å². The van der Waals surface area contributed by atoms with E-state index in [-0.39, 0.29) is 26.1 Å². The summed E-state index contributed by atoms with van der Waals surface area (Å²) < 4.78 is 1.45. The Hall–Kier alpha value is -0.723. The normalized spacial score (nSPS) is 8.50. The molecule has 0 fully saturated rings. The van der Waals surface area contributed by atoms with Gasteiger partial charge in [-0.3, -0.25) is 0 Å². The monoisotopic (exact) mass is 134 g/mol. The van der Waals surface area contributed by atoms with Crippen LogP contribution in [0, 0.1) is 0 Å². The predicted molar refractivity (Wildman–Crippen MR) is 31.3 cm³/mol. The van der Waals surface area contributed by atoms with Crippen molar-refractivity contribution in [2.75, 3.05) is 0 Å². The van der Waals surface area contributed by atoms with E-state index in [1.165, 1.54) is 10.8 Å². The second kappa shape index (κ2) is 3.45. The summed E-state index contributed by atoms with van der Waals surface area (Å²) in [6.07, 6.45) is 3.03. The maximum absolute atomic E-state index is 10.2. The molecule has 1 aromatic rings. The van der Waals surface area contributed by atoms with Crippen molar-refractivity contribution in [1.29, 1.82) is 0 Å². The largest absolute Gasteiger partial charge is 1.00 e. The fourth-order valence-corrected chi connectivity index (χ4v) is 0.572. The van der Waals surface area contributed by atoms with Crippen LogP contribution in [0.2, 0.25) is 0 Å². The summed E-state index contributed by atoms with van der Waals surface area (Å²) in [4.78, 5) is 13.8. The molecule has 0 bridgehead atoms. The van der Waals surface area contributed by atoms with Gasteiger partial charge >= 0.3 is 24.8 Å². The first-order valence-corrected chi connectivity index (χ1v) is 2.42. The van der Waals surface area contributed by atoms with Gasteiger partial charge in [-0.15, -0.1) is 0 Å². The molecule has 0 aliphatic heterocycles. The van der Waals surface area contributed by atoms with E-state index in [0.29, 0.717) is 0 Å². The Morgan fingerprint density at radius 1 is 1.90 bits per heavy atom. The van der Waals surface area contributed by atoms with E-state index < -0.39 is 5.97 Å². The summed E-state index contributed by atoms with van der Waals surface area (Å²) in [7, 11) is 1.64. The van der Waals surface area contributed by atoms with E-state index in [1.54, 1.807) is 13.2 Å². The van der Waals surface area contributed by atoms with E-state index in [2.05, 4.69) is 4.98 Å². The summed E-state index contributed by atoms with van der Waals surface area (Å²) in [5.41, 5.74) is 0. The molecule has 0 aromatic carbocycles. The molecule has 4 nitrogen and oxygen atoms in total. The van der Waals surface area contributed by atoms with Crippen molar-refractivity contribution in [3.63, 3.8) is 0 Å². The first-order chi connectivity index (χ1) is 4.22. The minimum absolute atomic E-state index is 0. The molecule has 1 N–H and O–H groups in total. The molecule has 0 unspecified atom stereocenters. The smallest absolute Gasteiger partial charge is 1.00 e. The molecule has 0 radical (unpaired) electrons. The number of hydrogen-bond acceptors (Lipinski definition) is 2. The molecule has 10 heavy (non-hydrogen) atoms. The topological polar surface area (TPSA) is 55.1 Å². The number of nitrogens with zero attached hydrogens (tertiary/aromatic N) is 2. The third-order valence-electron chi connectivity index (χ3n) is 1.01. The fraction of sp³-hybridized carbons (Fsp3) is 0.200. The zero-order valence-electron chi connectivity index (χ0n) is 6.90. The van der Waals surface area contributed by atoms with Crippen molar-refractivity contribution >= 4 is 5.97 Å². The van der Waals surface area contributed by atoms with Crippen molar-refractivity contribution in [2.24, 2.45) is 7.05 Å². The van der Waals surface area contributed by atoms with Crippen LogP contribution in [0.15, 0.2) is 12.4 Å². The summed E-state index contributed by atoms with van der Waals surface area (Å²) in [6.45, 7) is 0. The van der Waals surface area contributed by atoms with Crippen LogP contribution < -0.4 is 18.9 Å². The number of imidazole rings is 1. The molecular formula is C5H7LiN2O2. The third-order valence-corrected chi connectivity index (χ3v) is 1.01. The maximum atomic E-state index is 10.2. The van der Waals surface area contributed by atoms with Crippen LogP contribution in [0.4, 0.5) is 0 Å². The summed E-state index contributed by atoms with van der Waals surface area (Å²) >= 11 is 0. The van der Waals surface area contributed by atoms with E-state index >= 15 is 0 Å². The molecular weight excluding hydrogens is 127 g/mol. The summed E-state index contributed by atoms with van der Waals surface area (Å²) in [6, 6.07) is 0. The predicted octanol–water partition coefficient (Wildman–Crippen LogP) is -2.77. The number of hydrogen-bond donors (Lipinski definition) is 1. The van der Waals surface area contributed by atoms with Gasteiger partial charge in [0.05, 0.1) is 0 Å². The number of carboxylic acid groups (broad SMARTS) is 1. The molecule has 50 valence electrons. The minimum atomic E-state index is -0.998.